The minimum atomic E-state index is 0.182. The minimum absolute atomic E-state index is 0.182. The van der Waals surface area contributed by atoms with E-state index in [0.717, 1.165) is 22.9 Å². The molecule has 2 atom stereocenters. The fourth-order valence-corrected chi connectivity index (χ4v) is 3.29. The molecule has 3 heteroatoms. The number of hydrogen-bond donors (Lipinski definition) is 1. The van der Waals surface area contributed by atoms with E-state index in [4.69, 9.17) is 5.73 Å². The van der Waals surface area contributed by atoms with Crippen LogP contribution >= 0.6 is 15.9 Å². The van der Waals surface area contributed by atoms with E-state index in [1.165, 1.54) is 19.3 Å². The molecule has 0 heterocycles. The van der Waals surface area contributed by atoms with Crippen LogP contribution in [0.25, 0.3) is 0 Å². The van der Waals surface area contributed by atoms with Crippen LogP contribution in [0.2, 0.25) is 0 Å². The predicted molar refractivity (Wildman–Crippen MR) is 78.6 cm³/mol. The molecule has 0 bridgehead atoms. The number of nitrogens with two attached hydrogens (primary N) is 1. The first-order chi connectivity index (χ1) is 8.61. The number of benzene rings is 1. The molecule has 0 spiro atoms. The Morgan fingerprint density at radius 1 is 1.44 bits per heavy atom. The monoisotopic (exact) mass is 309 g/mol. The molecule has 2 nitrogen and oxygen atoms in total. The molecule has 18 heavy (non-hydrogen) atoms. The molecule has 0 aromatic heterocycles. The Morgan fingerprint density at radius 3 is 2.94 bits per heavy atom. The number of halogens is 1. The highest BCUT2D eigenvalue weighted by molar-refractivity contribution is 9.10. The maximum Gasteiger partial charge on any atom is 0.167 e. The fourth-order valence-electron chi connectivity index (χ4n) is 2.85. The first kappa shape index (κ1) is 13.6. The average Bonchev–Trinajstić information content (AvgIpc) is 2.41. The van der Waals surface area contributed by atoms with Crippen molar-refractivity contribution in [2.24, 2.45) is 11.8 Å². The maximum atomic E-state index is 12.5. The molecule has 0 saturated heterocycles. The standard InChI is InChI=1S/C15H20BrNO/c1-2-10-4-3-5-11(8-10)15(18)13-9-12(17)6-7-14(13)16/h6-7,9-11H,2-5,8,17H2,1H3. The van der Waals surface area contributed by atoms with Gasteiger partial charge in [0.1, 0.15) is 0 Å². The Bertz CT molecular complexity index is 444. The number of carbonyl (C=O) groups is 1. The Hall–Kier alpha value is -0.830. The lowest BCUT2D eigenvalue weighted by Gasteiger charge is -2.27. The zero-order valence-corrected chi connectivity index (χ0v) is 12.4. The third-order valence-electron chi connectivity index (χ3n) is 3.99. The molecule has 1 saturated carbocycles. The van der Waals surface area contributed by atoms with Gasteiger partial charge < -0.3 is 5.73 Å². The molecule has 1 aliphatic rings. The van der Waals surface area contributed by atoms with Gasteiger partial charge >= 0.3 is 0 Å². The van der Waals surface area contributed by atoms with E-state index in [1.807, 2.05) is 12.1 Å². The first-order valence-electron chi connectivity index (χ1n) is 6.71. The summed E-state index contributed by atoms with van der Waals surface area (Å²) < 4.78 is 0.861. The van der Waals surface area contributed by atoms with Crippen LogP contribution in [0.15, 0.2) is 22.7 Å². The van der Waals surface area contributed by atoms with Gasteiger partial charge in [-0.2, -0.15) is 0 Å². The van der Waals surface area contributed by atoms with Gasteiger partial charge in [-0.3, -0.25) is 4.79 Å². The second-order valence-corrected chi connectivity index (χ2v) is 6.10. The van der Waals surface area contributed by atoms with Gasteiger partial charge in [-0.05, 0) is 37.0 Å². The molecule has 2 unspecified atom stereocenters. The van der Waals surface area contributed by atoms with Crippen molar-refractivity contribution in [1.82, 2.24) is 0 Å². The smallest absolute Gasteiger partial charge is 0.167 e. The van der Waals surface area contributed by atoms with Crippen LogP contribution in [-0.2, 0) is 0 Å². The molecule has 1 aliphatic carbocycles. The number of rotatable bonds is 3. The molecule has 1 aromatic carbocycles. The van der Waals surface area contributed by atoms with Crippen LogP contribution < -0.4 is 5.73 Å². The summed E-state index contributed by atoms with van der Waals surface area (Å²) in [5, 5.41) is 0. The maximum absolute atomic E-state index is 12.5. The van der Waals surface area contributed by atoms with E-state index in [-0.39, 0.29) is 11.7 Å². The van der Waals surface area contributed by atoms with E-state index in [1.54, 1.807) is 6.07 Å². The van der Waals surface area contributed by atoms with Crippen molar-refractivity contribution in [2.75, 3.05) is 5.73 Å². The number of nitrogen functional groups attached to an aromatic ring is 1. The van der Waals surface area contributed by atoms with E-state index >= 15 is 0 Å². The lowest BCUT2D eigenvalue weighted by atomic mass is 9.77. The van der Waals surface area contributed by atoms with Gasteiger partial charge in [-0.1, -0.05) is 42.1 Å². The van der Waals surface area contributed by atoms with Crippen molar-refractivity contribution in [3.05, 3.63) is 28.2 Å². The fraction of sp³-hybridized carbons (Fsp3) is 0.533. The predicted octanol–water partition coefficient (Wildman–Crippen LogP) is 4.43. The molecule has 98 valence electrons. The number of ketones is 1. The van der Waals surface area contributed by atoms with Crippen molar-refractivity contribution in [3.63, 3.8) is 0 Å². The summed E-state index contributed by atoms with van der Waals surface area (Å²) in [4.78, 5) is 12.5. The van der Waals surface area contributed by atoms with Gasteiger partial charge in [0.15, 0.2) is 5.78 Å². The summed E-state index contributed by atoms with van der Waals surface area (Å²) in [6.45, 7) is 2.22. The van der Waals surface area contributed by atoms with Crippen molar-refractivity contribution in [3.8, 4) is 0 Å². The summed E-state index contributed by atoms with van der Waals surface area (Å²) in [6, 6.07) is 5.47. The van der Waals surface area contributed by atoms with Crippen molar-refractivity contribution < 1.29 is 4.79 Å². The molecule has 1 fully saturated rings. The van der Waals surface area contributed by atoms with Crippen LogP contribution in [0.3, 0.4) is 0 Å². The van der Waals surface area contributed by atoms with Gasteiger partial charge in [0.2, 0.25) is 0 Å². The number of Topliss-reactive ketones (excluding diaryl/α,β-unsaturated/α-hetero) is 1. The van der Waals surface area contributed by atoms with Crippen LogP contribution in [0.5, 0.6) is 0 Å². The summed E-state index contributed by atoms with van der Waals surface area (Å²) in [7, 11) is 0. The van der Waals surface area contributed by atoms with Crippen LogP contribution in [0.1, 0.15) is 49.4 Å². The third kappa shape index (κ3) is 2.94. The molecule has 1 aromatic rings. The average molecular weight is 310 g/mol. The number of hydrogen-bond acceptors (Lipinski definition) is 2. The van der Waals surface area contributed by atoms with Gasteiger partial charge in [-0.25, -0.2) is 0 Å². The Morgan fingerprint density at radius 2 is 2.22 bits per heavy atom. The molecule has 2 N–H and O–H groups in total. The lowest BCUT2D eigenvalue weighted by molar-refractivity contribution is 0.0861. The van der Waals surface area contributed by atoms with Crippen molar-refractivity contribution in [1.29, 1.82) is 0 Å². The van der Waals surface area contributed by atoms with Gasteiger partial charge in [0, 0.05) is 21.6 Å². The quantitative estimate of drug-likeness (QED) is 0.663. The normalized spacial score (nSPS) is 23.9. The van der Waals surface area contributed by atoms with Crippen molar-refractivity contribution >= 4 is 27.4 Å². The second-order valence-electron chi connectivity index (χ2n) is 5.24. The largest absolute Gasteiger partial charge is 0.399 e. The van der Waals surface area contributed by atoms with E-state index < -0.39 is 0 Å². The third-order valence-corrected chi connectivity index (χ3v) is 4.68. The molecule has 0 aliphatic heterocycles. The molecule has 0 amide bonds. The highest BCUT2D eigenvalue weighted by Crippen LogP contribution is 2.34. The number of anilines is 1. The van der Waals surface area contributed by atoms with Gasteiger partial charge in [-0.15, -0.1) is 0 Å². The Labute approximate surface area is 117 Å². The zero-order chi connectivity index (χ0) is 13.1. The van der Waals surface area contributed by atoms with Gasteiger partial charge in [0.25, 0.3) is 0 Å². The van der Waals surface area contributed by atoms with E-state index in [0.29, 0.717) is 11.6 Å². The van der Waals surface area contributed by atoms with Gasteiger partial charge in [0.05, 0.1) is 0 Å². The second kappa shape index (κ2) is 5.87. The molecular weight excluding hydrogens is 290 g/mol. The molecule has 0 radical (unpaired) electrons. The van der Waals surface area contributed by atoms with E-state index in [2.05, 4.69) is 22.9 Å². The topological polar surface area (TPSA) is 43.1 Å². The first-order valence-corrected chi connectivity index (χ1v) is 7.50. The zero-order valence-electron chi connectivity index (χ0n) is 10.8. The summed E-state index contributed by atoms with van der Waals surface area (Å²) in [5.74, 6) is 1.15. The number of carbonyl (C=O) groups excluding carboxylic acids is 1. The van der Waals surface area contributed by atoms with Crippen molar-refractivity contribution in [2.45, 2.75) is 39.0 Å². The lowest BCUT2D eigenvalue weighted by Crippen LogP contribution is -2.23. The van der Waals surface area contributed by atoms with Crippen LogP contribution in [-0.4, -0.2) is 5.78 Å². The van der Waals surface area contributed by atoms with Crippen LogP contribution in [0.4, 0.5) is 5.69 Å². The Balaban J connectivity index is 2.17. The Kier molecular flexibility index (Phi) is 4.44. The highest BCUT2D eigenvalue weighted by Gasteiger charge is 2.28. The molecular formula is C15H20BrNO. The summed E-state index contributed by atoms with van der Waals surface area (Å²) >= 11 is 3.45. The summed E-state index contributed by atoms with van der Waals surface area (Å²) in [6.07, 6.45) is 5.70. The SMILES string of the molecule is CCC1CCCC(C(=O)c2cc(N)ccc2Br)C1. The van der Waals surface area contributed by atoms with Crippen LogP contribution in [0, 0.1) is 11.8 Å². The minimum Gasteiger partial charge on any atom is -0.399 e. The molecule has 2 rings (SSSR count). The highest BCUT2D eigenvalue weighted by atomic mass is 79.9. The summed E-state index contributed by atoms with van der Waals surface area (Å²) in [5.41, 5.74) is 7.18. The van der Waals surface area contributed by atoms with E-state index in [9.17, 15) is 4.79 Å².